The van der Waals surface area contributed by atoms with E-state index in [9.17, 15) is 14.4 Å². The van der Waals surface area contributed by atoms with Gasteiger partial charge in [0.25, 0.3) is 5.91 Å². The molecule has 6 heteroatoms. The van der Waals surface area contributed by atoms with Gasteiger partial charge in [-0.05, 0) is 54.7 Å². The van der Waals surface area contributed by atoms with Crippen molar-refractivity contribution >= 4 is 17.8 Å². The Hall–Kier alpha value is -3.15. The molecular weight excluding hydrogens is 370 g/mol. The average molecular weight is 397 g/mol. The SMILES string of the molecule is COC(=O)c1ccc(C(=O)OCC(=O)N[C@H](C)c2ccc(CC(C)C)cc2)cc1. The van der Waals surface area contributed by atoms with Crippen LogP contribution in [-0.2, 0) is 20.7 Å². The number of carbonyl (C=O) groups excluding carboxylic acids is 3. The fraction of sp³-hybridized carbons (Fsp3) is 0.348. The molecule has 0 radical (unpaired) electrons. The first-order valence-corrected chi connectivity index (χ1v) is 9.54. The molecule has 0 saturated heterocycles. The molecule has 0 spiro atoms. The molecule has 2 aromatic rings. The molecule has 154 valence electrons. The predicted molar refractivity (Wildman–Crippen MR) is 110 cm³/mol. The second kappa shape index (κ2) is 10.4. The maximum atomic E-state index is 12.1. The number of carbonyl (C=O) groups is 3. The molecule has 0 heterocycles. The number of ether oxygens (including phenoxy) is 2. The number of hydrogen-bond donors (Lipinski definition) is 1. The maximum absolute atomic E-state index is 12.1. The van der Waals surface area contributed by atoms with Crippen LogP contribution in [0.1, 0.15) is 58.7 Å². The summed E-state index contributed by atoms with van der Waals surface area (Å²) in [6.45, 7) is 5.84. The summed E-state index contributed by atoms with van der Waals surface area (Å²) in [4.78, 5) is 35.6. The minimum absolute atomic E-state index is 0.200. The molecule has 2 rings (SSSR count). The van der Waals surface area contributed by atoms with Gasteiger partial charge in [0.1, 0.15) is 0 Å². The van der Waals surface area contributed by atoms with Crippen LogP contribution in [0.3, 0.4) is 0 Å². The van der Waals surface area contributed by atoms with Gasteiger partial charge in [-0.1, -0.05) is 38.1 Å². The van der Waals surface area contributed by atoms with E-state index >= 15 is 0 Å². The zero-order chi connectivity index (χ0) is 21.4. The smallest absolute Gasteiger partial charge is 0.338 e. The molecule has 6 nitrogen and oxygen atoms in total. The van der Waals surface area contributed by atoms with Gasteiger partial charge in [-0.15, -0.1) is 0 Å². The maximum Gasteiger partial charge on any atom is 0.338 e. The van der Waals surface area contributed by atoms with E-state index in [1.165, 1.54) is 36.9 Å². The van der Waals surface area contributed by atoms with Crippen molar-refractivity contribution in [3.8, 4) is 0 Å². The topological polar surface area (TPSA) is 81.7 Å². The third-order valence-electron chi connectivity index (χ3n) is 4.38. The van der Waals surface area contributed by atoms with Gasteiger partial charge in [0.05, 0.1) is 24.3 Å². The third kappa shape index (κ3) is 6.75. The van der Waals surface area contributed by atoms with Crippen LogP contribution < -0.4 is 5.32 Å². The van der Waals surface area contributed by atoms with Crippen LogP contribution in [0.15, 0.2) is 48.5 Å². The molecule has 29 heavy (non-hydrogen) atoms. The van der Waals surface area contributed by atoms with E-state index in [1.54, 1.807) is 0 Å². The van der Waals surface area contributed by atoms with Crippen molar-refractivity contribution in [1.82, 2.24) is 5.32 Å². The second-order valence-corrected chi connectivity index (χ2v) is 7.27. The van der Waals surface area contributed by atoms with E-state index in [2.05, 4.69) is 36.0 Å². The fourth-order valence-electron chi connectivity index (χ4n) is 2.85. The highest BCUT2D eigenvalue weighted by Gasteiger charge is 2.14. The highest BCUT2D eigenvalue weighted by atomic mass is 16.5. The number of methoxy groups -OCH3 is 1. The number of esters is 2. The molecule has 0 fully saturated rings. The number of nitrogens with one attached hydrogen (secondary N) is 1. The highest BCUT2D eigenvalue weighted by molar-refractivity contribution is 5.94. The average Bonchev–Trinajstić information content (AvgIpc) is 2.71. The first kappa shape index (κ1) is 22.1. The van der Waals surface area contributed by atoms with Gasteiger partial charge in [-0.3, -0.25) is 4.79 Å². The van der Waals surface area contributed by atoms with Gasteiger partial charge in [0.2, 0.25) is 0 Å². The third-order valence-corrected chi connectivity index (χ3v) is 4.38. The Morgan fingerprint density at radius 3 is 1.93 bits per heavy atom. The number of amides is 1. The summed E-state index contributed by atoms with van der Waals surface area (Å²) in [6, 6.07) is 13.8. The monoisotopic (exact) mass is 397 g/mol. The molecule has 0 bridgehead atoms. The molecule has 2 aromatic carbocycles. The molecule has 1 amide bonds. The molecule has 0 aromatic heterocycles. The summed E-state index contributed by atoms with van der Waals surface area (Å²) < 4.78 is 9.65. The Kier molecular flexibility index (Phi) is 7.95. The van der Waals surface area contributed by atoms with Gasteiger partial charge >= 0.3 is 11.9 Å². The largest absolute Gasteiger partial charge is 0.465 e. The summed E-state index contributed by atoms with van der Waals surface area (Å²) in [7, 11) is 1.28. The van der Waals surface area contributed by atoms with Crippen molar-refractivity contribution in [2.45, 2.75) is 33.2 Å². The lowest BCUT2D eigenvalue weighted by atomic mass is 10.00. The first-order chi connectivity index (χ1) is 13.8. The van der Waals surface area contributed by atoms with Crippen LogP contribution in [0.2, 0.25) is 0 Å². The van der Waals surface area contributed by atoms with E-state index in [1.807, 2.05) is 19.1 Å². The van der Waals surface area contributed by atoms with E-state index in [0.717, 1.165) is 12.0 Å². The highest BCUT2D eigenvalue weighted by Crippen LogP contribution is 2.15. The fourth-order valence-corrected chi connectivity index (χ4v) is 2.85. The summed E-state index contributed by atoms with van der Waals surface area (Å²) in [5.74, 6) is -0.926. The van der Waals surface area contributed by atoms with E-state index in [0.29, 0.717) is 11.5 Å². The van der Waals surface area contributed by atoms with Crippen LogP contribution in [0.4, 0.5) is 0 Å². The van der Waals surface area contributed by atoms with E-state index < -0.39 is 11.9 Å². The van der Waals surface area contributed by atoms with Gasteiger partial charge in [-0.25, -0.2) is 9.59 Å². The zero-order valence-corrected chi connectivity index (χ0v) is 17.2. The summed E-state index contributed by atoms with van der Waals surface area (Å²) in [6.07, 6.45) is 1.01. The van der Waals surface area contributed by atoms with Gasteiger partial charge in [0, 0.05) is 0 Å². The van der Waals surface area contributed by atoms with Crippen LogP contribution in [0, 0.1) is 5.92 Å². The summed E-state index contributed by atoms with van der Waals surface area (Å²) in [5.41, 5.74) is 2.82. The molecular formula is C23H27NO5. The van der Waals surface area contributed by atoms with Crippen LogP contribution in [-0.4, -0.2) is 31.6 Å². The van der Waals surface area contributed by atoms with E-state index in [-0.39, 0.29) is 24.1 Å². The normalized spacial score (nSPS) is 11.6. The van der Waals surface area contributed by atoms with Crippen molar-refractivity contribution in [3.63, 3.8) is 0 Å². The Labute approximate surface area is 171 Å². The van der Waals surface area contributed by atoms with Crippen molar-refractivity contribution in [1.29, 1.82) is 0 Å². The Morgan fingerprint density at radius 1 is 0.862 bits per heavy atom. The molecule has 1 atom stereocenters. The van der Waals surface area contributed by atoms with E-state index in [4.69, 9.17) is 4.74 Å². The Balaban J connectivity index is 1.84. The lowest BCUT2D eigenvalue weighted by Crippen LogP contribution is -2.31. The van der Waals surface area contributed by atoms with Crippen LogP contribution in [0.5, 0.6) is 0 Å². The van der Waals surface area contributed by atoms with Crippen molar-refractivity contribution in [2.75, 3.05) is 13.7 Å². The minimum atomic E-state index is -0.637. The lowest BCUT2D eigenvalue weighted by Gasteiger charge is -2.15. The summed E-state index contributed by atoms with van der Waals surface area (Å²) in [5, 5.41) is 2.82. The lowest BCUT2D eigenvalue weighted by molar-refractivity contribution is -0.124. The second-order valence-electron chi connectivity index (χ2n) is 7.27. The van der Waals surface area contributed by atoms with Crippen molar-refractivity contribution in [3.05, 3.63) is 70.8 Å². The van der Waals surface area contributed by atoms with Crippen molar-refractivity contribution < 1.29 is 23.9 Å². The van der Waals surface area contributed by atoms with Gasteiger partial charge in [0.15, 0.2) is 6.61 Å². The van der Waals surface area contributed by atoms with Crippen molar-refractivity contribution in [2.24, 2.45) is 5.92 Å². The number of hydrogen-bond acceptors (Lipinski definition) is 5. The minimum Gasteiger partial charge on any atom is -0.465 e. The quantitative estimate of drug-likeness (QED) is 0.687. The Bertz CT molecular complexity index is 841. The zero-order valence-electron chi connectivity index (χ0n) is 17.2. The first-order valence-electron chi connectivity index (χ1n) is 9.54. The van der Waals surface area contributed by atoms with Crippen LogP contribution >= 0.6 is 0 Å². The molecule has 0 saturated carbocycles. The standard InChI is InChI=1S/C23H27NO5/c1-15(2)13-17-5-7-18(8-6-17)16(3)24-21(25)14-29-23(27)20-11-9-19(10-12-20)22(26)28-4/h5-12,15-16H,13-14H2,1-4H3,(H,24,25)/t16-/m1/s1. The summed E-state index contributed by atoms with van der Waals surface area (Å²) >= 11 is 0. The molecule has 0 aliphatic rings. The molecule has 1 N–H and O–H groups in total. The number of rotatable bonds is 8. The molecule has 0 aliphatic carbocycles. The Morgan fingerprint density at radius 2 is 1.41 bits per heavy atom. The van der Waals surface area contributed by atoms with Gasteiger partial charge in [-0.2, -0.15) is 0 Å². The molecule has 0 aliphatic heterocycles. The molecule has 0 unspecified atom stereocenters. The predicted octanol–water partition coefficient (Wildman–Crippen LogP) is 3.71. The van der Waals surface area contributed by atoms with Crippen LogP contribution in [0.25, 0.3) is 0 Å². The number of benzene rings is 2. The van der Waals surface area contributed by atoms with Gasteiger partial charge < -0.3 is 14.8 Å².